The molecule has 0 saturated carbocycles. The quantitative estimate of drug-likeness (QED) is 0.638. The van der Waals surface area contributed by atoms with Gasteiger partial charge in [-0.2, -0.15) is 0 Å². The summed E-state index contributed by atoms with van der Waals surface area (Å²) in [5, 5.41) is 18.9. The molecule has 0 aromatic heterocycles. The summed E-state index contributed by atoms with van der Waals surface area (Å²) in [5.74, 6) is 0.356. The molecule has 1 aliphatic rings. The number of hydrogen-bond donors (Lipinski definition) is 2. The highest BCUT2D eigenvalue weighted by Crippen LogP contribution is 2.30. The van der Waals surface area contributed by atoms with Crippen molar-refractivity contribution in [3.05, 3.63) is 24.3 Å². The summed E-state index contributed by atoms with van der Waals surface area (Å²) in [7, 11) is 0. The van der Waals surface area contributed by atoms with Crippen molar-refractivity contribution < 1.29 is 14.9 Å². The van der Waals surface area contributed by atoms with Gasteiger partial charge in [-0.25, -0.2) is 0 Å². The normalized spacial score (nSPS) is 25.7. The van der Waals surface area contributed by atoms with Crippen LogP contribution >= 0.6 is 0 Å². The van der Waals surface area contributed by atoms with Crippen LogP contribution in [0.1, 0.15) is 52.4 Å². The Hall–Kier alpha value is -0.640. The number of allylic oxidation sites excluding steroid dienone is 1. The van der Waals surface area contributed by atoms with Crippen LogP contribution in [0.4, 0.5) is 0 Å². The van der Waals surface area contributed by atoms with E-state index in [1.807, 2.05) is 6.92 Å². The van der Waals surface area contributed by atoms with E-state index in [1.165, 1.54) is 0 Å². The lowest BCUT2D eigenvalue weighted by Gasteiger charge is -2.19. The molecule has 3 heteroatoms. The molecule has 4 atom stereocenters. The van der Waals surface area contributed by atoms with Gasteiger partial charge in [0.2, 0.25) is 0 Å². The van der Waals surface area contributed by atoms with Crippen molar-refractivity contribution in [2.24, 2.45) is 5.92 Å². The van der Waals surface area contributed by atoms with Crippen molar-refractivity contribution in [1.82, 2.24) is 0 Å². The van der Waals surface area contributed by atoms with Gasteiger partial charge in [0.15, 0.2) is 0 Å². The molecule has 1 heterocycles. The molecular weight excluding hydrogens is 252 g/mol. The van der Waals surface area contributed by atoms with Crippen LogP contribution in [-0.4, -0.2) is 35.1 Å². The molecule has 2 N–H and O–H groups in total. The van der Waals surface area contributed by atoms with Crippen molar-refractivity contribution in [3.8, 4) is 0 Å². The smallest absolute Gasteiger partial charge is 0.0788 e. The van der Waals surface area contributed by atoms with Crippen molar-refractivity contribution >= 4 is 0 Å². The predicted molar refractivity (Wildman–Crippen MR) is 82.6 cm³/mol. The zero-order valence-electron chi connectivity index (χ0n) is 13.0. The van der Waals surface area contributed by atoms with E-state index in [2.05, 4.69) is 20.1 Å². The molecule has 1 rings (SSSR count). The summed E-state index contributed by atoms with van der Waals surface area (Å²) in [6.07, 6.45) is 4.89. The van der Waals surface area contributed by atoms with Crippen molar-refractivity contribution in [2.45, 2.75) is 70.7 Å². The molecular formula is C17H30O3. The molecule has 1 saturated heterocycles. The lowest BCUT2D eigenvalue weighted by atomic mass is 9.93. The van der Waals surface area contributed by atoms with Crippen LogP contribution in [0.25, 0.3) is 0 Å². The van der Waals surface area contributed by atoms with Gasteiger partial charge in [0, 0.05) is 6.61 Å². The molecule has 20 heavy (non-hydrogen) atoms. The van der Waals surface area contributed by atoms with Crippen LogP contribution in [0.15, 0.2) is 24.3 Å². The summed E-state index contributed by atoms with van der Waals surface area (Å²) in [5.41, 5.74) is 2.25. The Kier molecular flexibility index (Phi) is 7.49. The second kappa shape index (κ2) is 8.60. The first-order valence-electron chi connectivity index (χ1n) is 7.71. The SMILES string of the molecule is C=C(C)[C@H](C)C[C@H](O)CC[C@@H]1O[C@@H](CCCO)CC1=C. The topological polar surface area (TPSA) is 49.7 Å². The Morgan fingerprint density at radius 1 is 1.45 bits per heavy atom. The van der Waals surface area contributed by atoms with Gasteiger partial charge in [0.1, 0.15) is 0 Å². The third-order valence-electron chi connectivity index (χ3n) is 4.22. The van der Waals surface area contributed by atoms with E-state index in [0.29, 0.717) is 5.92 Å². The molecule has 0 radical (unpaired) electrons. The zero-order chi connectivity index (χ0) is 15.1. The third kappa shape index (κ3) is 5.78. The van der Waals surface area contributed by atoms with Crippen LogP contribution in [0.3, 0.4) is 0 Å². The highest BCUT2D eigenvalue weighted by Gasteiger charge is 2.28. The maximum atomic E-state index is 10.1. The van der Waals surface area contributed by atoms with Gasteiger partial charge in [0.05, 0.1) is 18.3 Å². The van der Waals surface area contributed by atoms with E-state index in [0.717, 1.165) is 49.7 Å². The van der Waals surface area contributed by atoms with E-state index in [-0.39, 0.29) is 24.9 Å². The van der Waals surface area contributed by atoms with E-state index in [1.54, 1.807) is 0 Å². The molecule has 116 valence electrons. The molecule has 0 aromatic carbocycles. The monoisotopic (exact) mass is 282 g/mol. The van der Waals surface area contributed by atoms with Crippen LogP contribution in [0, 0.1) is 5.92 Å². The molecule has 1 aliphatic heterocycles. The lowest BCUT2D eigenvalue weighted by molar-refractivity contribution is 0.0291. The maximum absolute atomic E-state index is 10.1. The van der Waals surface area contributed by atoms with Gasteiger partial charge in [-0.1, -0.05) is 25.7 Å². The Morgan fingerprint density at radius 2 is 2.15 bits per heavy atom. The fourth-order valence-corrected chi connectivity index (χ4v) is 2.63. The Bertz CT molecular complexity index is 324. The Balaban J connectivity index is 2.27. The first kappa shape index (κ1) is 17.4. The lowest BCUT2D eigenvalue weighted by Crippen LogP contribution is -2.17. The second-order valence-electron chi connectivity index (χ2n) is 6.19. The summed E-state index contributed by atoms with van der Waals surface area (Å²) < 4.78 is 5.94. The summed E-state index contributed by atoms with van der Waals surface area (Å²) in [4.78, 5) is 0. The highest BCUT2D eigenvalue weighted by atomic mass is 16.5. The van der Waals surface area contributed by atoms with Gasteiger partial charge in [-0.15, -0.1) is 0 Å². The number of rotatable bonds is 9. The standard InChI is InChI=1S/C17H30O3/c1-12(2)13(3)10-15(19)7-8-17-14(4)11-16(20-17)6-5-9-18/h13,15-19H,1,4-11H2,2-3H3/t13-,15-,16+,17+/m1/s1. The van der Waals surface area contributed by atoms with Crippen molar-refractivity contribution in [2.75, 3.05) is 6.61 Å². The van der Waals surface area contributed by atoms with Crippen LogP contribution in [0.2, 0.25) is 0 Å². The zero-order valence-corrected chi connectivity index (χ0v) is 13.0. The molecule has 0 spiro atoms. The minimum atomic E-state index is -0.297. The van der Waals surface area contributed by atoms with Gasteiger partial charge < -0.3 is 14.9 Å². The fraction of sp³-hybridized carbons (Fsp3) is 0.765. The fourth-order valence-electron chi connectivity index (χ4n) is 2.63. The van der Waals surface area contributed by atoms with Crippen LogP contribution < -0.4 is 0 Å². The molecule has 0 unspecified atom stereocenters. The molecule has 0 amide bonds. The Morgan fingerprint density at radius 3 is 2.75 bits per heavy atom. The van der Waals surface area contributed by atoms with Gasteiger partial charge >= 0.3 is 0 Å². The molecule has 3 nitrogen and oxygen atoms in total. The van der Waals surface area contributed by atoms with E-state index >= 15 is 0 Å². The van der Waals surface area contributed by atoms with E-state index in [9.17, 15) is 5.11 Å². The average molecular weight is 282 g/mol. The minimum Gasteiger partial charge on any atom is -0.396 e. The summed E-state index contributed by atoms with van der Waals surface area (Å²) in [6.45, 7) is 12.3. The van der Waals surface area contributed by atoms with Gasteiger partial charge in [0.25, 0.3) is 0 Å². The molecule has 0 aromatic rings. The van der Waals surface area contributed by atoms with Gasteiger partial charge in [-0.05, 0) is 56.9 Å². The van der Waals surface area contributed by atoms with E-state index in [4.69, 9.17) is 9.84 Å². The van der Waals surface area contributed by atoms with Gasteiger partial charge in [-0.3, -0.25) is 0 Å². The van der Waals surface area contributed by atoms with Crippen LogP contribution in [-0.2, 0) is 4.74 Å². The van der Waals surface area contributed by atoms with Crippen LogP contribution in [0.5, 0.6) is 0 Å². The first-order valence-corrected chi connectivity index (χ1v) is 7.71. The van der Waals surface area contributed by atoms with E-state index < -0.39 is 0 Å². The third-order valence-corrected chi connectivity index (χ3v) is 4.22. The average Bonchev–Trinajstić information content (AvgIpc) is 2.74. The molecule has 0 bridgehead atoms. The summed E-state index contributed by atoms with van der Waals surface area (Å²) >= 11 is 0. The second-order valence-corrected chi connectivity index (χ2v) is 6.19. The number of aliphatic hydroxyl groups excluding tert-OH is 2. The summed E-state index contributed by atoms with van der Waals surface area (Å²) in [6, 6.07) is 0. The van der Waals surface area contributed by atoms with Crippen molar-refractivity contribution in [3.63, 3.8) is 0 Å². The predicted octanol–water partition coefficient (Wildman–Crippen LogP) is 3.22. The van der Waals surface area contributed by atoms with Crippen molar-refractivity contribution in [1.29, 1.82) is 0 Å². The Labute approximate surface area is 123 Å². The first-order chi connectivity index (χ1) is 9.43. The number of hydrogen-bond acceptors (Lipinski definition) is 3. The number of ether oxygens (including phenoxy) is 1. The molecule has 1 fully saturated rings. The molecule has 0 aliphatic carbocycles. The minimum absolute atomic E-state index is 0.0773. The largest absolute Gasteiger partial charge is 0.396 e. The highest BCUT2D eigenvalue weighted by molar-refractivity contribution is 5.09. The maximum Gasteiger partial charge on any atom is 0.0788 e. The number of aliphatic hydroxyl groups is 2.